The van der Waals surface area contributed by atoms with Crippen LogP contribution in [0.25, 0.3) is 0 Å². The van der Waals surface area contributed by atoms with Crippen molar-refractivity contribution >= 4 is 34.8 Å². The van der Waals surface area contributed by atoms with Crippen molar-refractivity contribution in [3.8, 4) is 5.75 Å². The fraction of sp³-hybridized carbons (Fsp3) is 0.250. The number of ether oxygens (including phenoxy) is 1. The van der Waals surface area contributed by atoms with Gasteiger partial charge in [-0.15, -0.1) is 0 Å². The summed E-state index contributed by atoms with van der Waals surface area (Å²) in [7, 11) is 0. The zero-order chi connectivity index (χ0) is 11.6. The lowest BCUT2D eigenvalue weighted by Gasteiger charge is -2.18. The van der Waals surface area contributed by atoms with Gasteiger partial charge in [-0.25, -0.2) is 4.39 Å². The Kier molecular flexibility index (Phi) is 3.98. The van der Waals surface area contributed by atoms with Crippen LogP contribution in [0.1, 0.15) is 0 Å². The lowest BCUT2D eigenvalue weighted by atomic mass is 10.3. The summed E-state index contributed by atoms with van der Waals surface area (Å²) in [4.78, 5) is 0. The number of hydrogen-bond acceptors (Lipinski definition) is 1. The number of halogens is 6. The number of benzene rings is 1. The molecule has 0 radical (unpaired) electrons. The van der Waals surface area contributed by atoms with Crippen LogP contribution in [0.3, 0.4) is 0 Å². The van der Waals surface area contributed by atoms with Crippen LogP contribution in [0.5, 0.6) is 5.75 Å². The Hall–Kier alpha value is -0.320. The van der Waals surface area contributed by atoms with Crippen LogP contribution in [0.2, 0.25) is 10.0 Å². The van der Waals surface area contributed by atoms with E-state index < -0.39 is 17.5 Å². The van der Waals surface area contributed by atoms with Crippen molar-refractivity contribution in [2.45, 2.75) is 11.7 Å². The quantitative estimate of drug-likeness (QED) is 0.740. The molecule has 0 heterocycles. The van der Waals surface area contributed by atoms with E-state index in [1.54, 1.807) is 0 Å². The Balaban J connectivity index is 2.94. The van der Waals surface area contributed by atoms with Gasteiger partial charge in [-0.1, -0.05) is 34.8 Å². The molecule has 1 nitrogen and oxygen atoms in total. The number of alkyl halides is 4. The van der Waals surface area contributed by atoms with E-state index in [9.17, 15) is 13.2 Å². The third-order valence-electron chi connectivity index (χ3n) is 1.39. The molecule has 1 rings (SSSR count). The summed E-state index contributed by atoms with van der Waals surface area (Å²) in [6.45, 7) is 0. The van der Waals surface area contributed by atoms with Gasteiger partial charge in [0, 0.05) is 11.1 Å². The normalized spacial score (nSPS) is 13.7. The summed E-state index contributed by atoms with van der Waals surface area (Å²) in [6, 6.07) is 3.66. The predicted octanol–water partition coefficient (Wildman–Crippen LogP) is 4.50. The Labute approximate surface area is 98.7 Å². The van der Waals surface area contributed by atoms with Gasteiger partial charge in [0.05, 0.1) is 5.02 Å². The average Bonchev–Trinajstić information content (AvgIpc) is 2.10. The first-order valence-corrected chi connectivity index (χ1v) is 4.82. The highest BCUT2D eigenvalue weighted by atomic mass is 35.5. The van der Waals surface area contributed by atoms with Crippen molar-refractivity contribution in [1.82, 2.24) is 0 Å². The van der Waals surface area contributed by atoms with E-state index in [0.717, 1.165) is 6.07 Å². The van der Waals surface area contributed by atoms with Gasteiger partial charge in [0.2, 0.25) is 0 Å². The third-order valence-corrected chi connectivity index (χ3v) is 2.19. The molecule has 0 fully saturated rings. The molecule has 0 aliphatic carbocycles. The van der Waals surface area contributed by atoms with Gasteiger partial charge in [0.15, 0.2) is 0 Å². The predicted molar refractivity (Wildman–Crippen MR) is 52.8 cm³/mol. The Morgan fingerprint density at radius 3 is 2.40 bits per heavy atom. The van der Waals surface area contributed by atoms with Crippen molar-refractivity contribution in [1.29, 1.82) is 0 Å². The standard InChI is InChI=1S/C8H4Cl3F3O/c9-4-1-2-5(10)6(3-4)15-8(13,14)7(11)12/h1-3,7H. The fourth-order valence-electron chi connectivity index (χ4n) is 0.747. The molecular formula is C8H4Cl3F3O. The molecule has 0 bridgehead atoms. The molecule has 7 heteroatoms. The van der Waals surface area contributed by atoms with Crippen LogP contribution in [0.15, 0.2) is 18.2 Å². The molecule has 1 atom stereocenters. The van der Waals surface area contributed by atoms with Crippen molar-refractivity contribution in [2.24, 2.45) is 0 Å². The fourth-order valence-corrected chi connectivity index (χ4v) is 1.11. The summed E-state index contributed by atoms with van der Waals surface area (Å²) < 4.78 is 41.7. The smallest absolute Gasteiger partial charge is 0.428 e. The van der Waals surface area contributed by atoms with Gasteiger partial charge >= 0.3 is 6.11 Å². The maximum atomic E-state index is 12.7. The van der Waals surface area contributed by atoms with Gasteiger partial charge in [0.1, 0.15) is 5.75 Å². The van der Waals surface area contributed by atoms with Crippen LogP contribution >= 0.6 is 34.8 Å². The number of rotatable bonds is 3. The zero-order valence-electron chi connectivity index (χ0n) is 6.99. The van der Waals surface area contributed by atoms with Gasteiger partial charge in [0.25, 0.3) is 5.63 Å². The monoisotopic (exact) mass is 278 g/mol. The molecule has 1 aromatic rings. The minimum absolute atomic E-state index is 0.114. The molecular weight excluding hydrogens is 275 g/mol. The van der Waals surface area contributed by atoms with Crippen molar-refractivity contribution in [2.75, 3.05) is 0 Å². The molecule has 0 aliphatic rings. The van der Waals surface area contributed by atoms with Gasteiger partial charge in [-0.05, 0) is 12.1 Å². The van der Waals surface area contributed by atoms with Crippen molar-refractivity contribution in [3.05, 3.63) is 28.2 Å². The van der Waals surface area contributed by atoms with Crippen LogP contribution in [0.4, 0.5) is 13.2 Å². The molecule has 0 amide bonds. The Bertz CT molecular complexity index is 357. The van der Waals surface area contributed by atoms with Crippen LogP contribution in [-0.4, -0.2) is 11.7 Å². The van der Waals surface area contributed by atoms with E-state index in [1.807, 2.05) is 0 Å². The summed E-state index contributed by atoms with van der Waals surface area (Å²) in [5.74, 6) is -0.433. The summed E-state index contributed by atoms with van der Waals surface area (Å²) in [5.41, 5.74) is -2.97. The van der Waals surface area contributed by atoms with E-state index in [2.05, 4.69) is 16.3 Å². The summed E-state index contributed by atoms with van der Waals surface area (Å²) in [6.07, 6.45) is -4.16. The molecule has 1 unspecified atom stereocenters. The lowest BCUT2D eigenvalue weighted by molar-refractivity contribution is -0.198. The highest BCUT2D eigenvalue weighted by molar-refractivity contribution is 6.34. The minimum atomic E-state index is -4.16. The molecule has 0 saturated carbocycles. The number of hydrogen-bond donors (Lipinski definition) is 0. The highest BCUT2D eigenvalue weighted by Crippen LogP contribution is 2.34. The van der Waals surface area contributed by atoms with Crippen molar-refractivity contribution < 1.29 is 17.9 Å². The van der Waals surface area contributed by atoms with E-state index in [0.29, 0.717) is 0 Å². The van der Waals surface area contributed by atoms with Crippen LogP contribution in [-0.2, 0) is 0 Å². The van der Waals surface area contributed by atoms with Gasteiger partial charge in [-0.2, -0.15) is 8.78 Å². The SMILES string of the molecule is FC(Cl)C(F)(F)Oc1cc(Cl)ccc1Cl. The summed E-state index contributed by atoms with van der Waals surface area (Å²) >= 11 is 15.6. The summed E-state index contributed by atoms with van der Waals surface area (Å²) in [5, 5.41) is 0.0200. The maximum absolute atomic E-state index is 12.7. The molecule has 15 heavy (non-hydrogen) atoms. The molecule has 0 spiro atoms. The lowest BCUT2D eigenvalue weighted by Crippen LogP contribution is -2.32. The Morgan fingerprint density at radius 1 is 1.27 bits per heavy atom. The van der Waals surface area contributed by atoms with Crippen LogP contribution in [0, 0.1) is 0 Å². The molecule has 84 valence electrons. The second-order valence-corrected chi connectivity index (χ2v) is 3.77. The molecule has 0 N–H and O–H groups in total. The van der Waals surface area contributed by atoms with Crippen molar-refractivity contribution in [3.63, 3.8) is 0 Å². The van der Waals surface area contributed by atoms with Crippen LogP contribution < -0.4 is 4.74 Å². The molecule has 0 saturated heterocycles. The molecule has 1 aromatic carbocycles. The Morgan fingerprint density at radius 2 is 1.87 bits per heavy atom. The molecule has 0 aliphatic heterocycles. The minimum Gasteiger partial charge on any atom is -0.428 e. The first kappa shape index (κ1) is 12.7. The average molecular weight is 279 g/mol. The van der Waals surface area contributed by atoms with Gasteiger partial charge < -0.3 is 4.74 Å². The van der Waals surface area contributed by atoms with E-state index in [4.69, 9.17) is 23.2 Å². The van der Waals surface area contributed by atoms with Gasteiger partial charge in [-0.3, -0.25) is 0 Å². The van der Waals surface area contributed by atoms with E-state index in [-0.39, 0.29) is 10.0 Å². The second-order valence-electron chi connectivity index (χ2n) is 2.54. The largest absolute Gasteiger partial charge is 0.444 e. The first-order chi connectivity index (χ1) is 6.83. The first-order valence-electron chi connectivity index (χ1n) is 3.63. The molecule has 0 aromatic heterocycles. The van der Waals surface area contributed by atoms with E-state index >= 15 is 0 Å². The van der Waals surface area contributed by atoms with E-state index in [1.165, 1.54) is 12.1 Å². The second kappa shape index (κ2) is 4.68. The third kappa shape index (κ3) is 3.33. The highest BCUT2D eigenvalue weighted by Gasteiger charge is 2.42. The maximum Gasteiger partial charge on any atom is 0.444 e. The topological polar surface area (TPSA) is 9.23 Å². The zero-order valence-corrected chi connectivity index (χ0v) is 9.25.